The molecule has 1 aliphatic carbocycles. The molecule has 2 heterocycles. The summed E-state index contributed by atoms with van der Waals surface area (Å²) in [5.74, 6) is 0. The van der Waals surface area contributed by atoms with Gasteiger partial charge in [0, 0.05) is 45.0 Å². The number of aromatic nitrogens is 1. The largest absolute Gasteiger partial charge is 0.370 e. The first kappa shape index (κ1) is 14.8. The minimum atomic E-state index is 0.650. The molecule has 0 spiro atoms. The number of nitrogens with zero attached hydrogens (tertiary/aromatic N) is 3. The number of rotatable bonds is 6. The predicted octanol–water partition coefficient (Wildman–Crippen LogP) is 2.25. The molecule has 1 N–H and O–H groups in total. The van der Waals surface area contributed by atoms with E-state index in [0.717, 1.165) is 12.6 Å². The van der Waals surface area contributed by atoms with Crippen molar-refractivity contribution in [1.82, 2.24) is 15.2 Å². The molecule has 3 rings (SSSR count). The van der Waals surface area contributed by atoms with Crippen LogP contribution in [0, 0.1) is 0 Å². The number of likely N-dealkylation sites (tertiary alicyclic amines) is 1. The molecule has 2 aliphatic rings. The van der Waals surface area contributed by atoms with Crippen molar-refractivity contribution in [2.45, 2.75) is 51.2 Å². The van der Waals surface area contributed by atoms with Gasteiger partial charge in [-0.25, -0.2) is 0 Å². The Hall–Kier alpha value is -1.13. The SMILES string of the molecule is CCN1CCC(N(C)c2cnccc2CNC2CC2)CC1. The van der Waals surface area contributed by atoms with Crippen LogP contribution in [0.25, 0.3) is 0 Å². The summed E-state index contributed by atoms with van der Waals surface area (Å²) in [7, 11) is 2.24. The monoisotopic (exact) mass is 288 g/mol. The molecule has 0 bridgehead atoms. The zero-order valence-corrected chi connectivity index (χ0v) is 13.4. The van der Waals surface area contributed by atoms with Gasteiger partial charge in [-0.3, -0.25) is 4.98 Å². The molecule has 1 aromatic heterocycles. The van der Waals surface area contributed by atoms with Crippen LogP contribution >= 0.6 is 0 Å². The summed E-state index contributed by atoms with van der Waals surface area (Å²) in [6.07, 6.45) is 9.15. The molecule has 0 amide bonds. The number of hydrogen-bond donors (Lipinski definition) is 1. The van der Waals surface area contributed by atoms with Gasteiger partial charge in [-0.2, -0.15) is 0 Å². The van der Waals surface area contributed by atoms with Gasteiger partial charge in [-0.05, 0) is 43.9 Å². The van der Waals surface area contributed by atoms with Crippen LogP contribution in [0.4, 0.5) is 5.69 Å². The van der Waals surface area contributed by atoms with E-state index in [9.17, 15) is 0 Å². The zero-order valence-electron chi connectivity index (χ0n) is 13.4. The van der Waals surface area contributed by atoms with E-state index in [1.54, 1.807) is 0 Å². The summed E-state index contributed by atoms with van der Waals surface area (Å²) in [5.41, 5.74) is 2.69. The second-order valence-corrected chi connectivity index (χ2v) is 6.44. The van der Waals surface area contributed by atoms with Gasteiger partial charge in [0.15, 0.2) is 0 Å². The van der Waals surface area contributed by atoms with Crippen LogP contribution in [-0.4, -0.2) is 48.6 Å². The lowest BCUT2D eigenvalue weighted by molar-refractivity contribution is 0.220. The number of piperidine rings is 1. The summed E-state index contributed by atoms with van der Waals surface area (Å²) < 4.78 is 0. The Morgan fingerprint density at radius 3 is 2.71 bits per heavy atom. The number of hydrogen-bond acceptors (Lipinski definition) is 4. The lowest BCUT2D eigenvalue weighted by Gasteiger charge is -2.38. The third-order valence-corrected chi connectivity index (χ3v) is 4.98. The Morgan fingerprint density at radius 2 is 2.05 bits per heavy atom. The van der Waals surface area contributed by atoms with Gasteiger partial charge in [-0.15, -0.1) is 0 Å². The van der Waals surface area contributed by atoms with Crippen molar-refractivity contribution in [3.05, 3.63) is 24.0 Å². The average molecular weight is 288 g/mol. The molecule has 1 saturated heterocycles. The predicted molar refractivity (Wildman–Crippen MR) is 87.6 cm³/mol. The minimum absolute atomic E-state index is 0.650. The maximum Gasteiger partial charge on any atom is 0.0598 e. The average Bonchev–Trinajstić information content (AvgIpc) is 3.37. The van der Waals surface area contributed by atoms with Crippen molar-refractivity contribution in [1.29, 1.82) is 0 Å². The summed E-state index contributed by atoms with van der Waals surface area (Å²) in [6, 6.07) is 3.57. The molecule has 1 saturated carbocycles. The molecule has 1 aromatic rings. The van der Waals surface area contributed by atoms with Gasteiger partial charge < -0.3 is 15.1 Å². The third kappa shape index (κ3) is 3.74. The van der Waals surface area contributed by atoms with Gasteiger partial charge in [0.2, 0.25) is 0 Å². The topological polar surface area (TPSA) is 31.4 Å². The van der Waals surface area contributed by atoms with Crippen LogP contribution in [0.15, 0.2) is 18.5 Å². The first-order valence-corrected chi connectivity index (χ1v) is 8.39. The Morgan fingerprint density at radius 1 is 1.29 bits per heavy atom. The van der Waals surface area contributed by atoms with Crippen molar-refractivity contribution in [3.8, 4) is 0 Å². The highest BCUT2D eigenvalue weighted by atomic mass is 15.2. The van der Waals surface area contributed by atoms with Crippen LogP contribution in [-0.2, 0) is 6.54 Å². The molecule has 1 aliphatic heterocycles. The maximum absolute atomic E-state index is 4.36. The molecule has 0 unspecified atom stereocenters. The first-order valence-electron chi connectivity index (χ1n) is 8.39. The highest BCUT2D eigenvalue weighted by Gasteiger charge is 2.24. The van der Waals surface area contributed by atoms with Crippen molar-refractivity contribution in [3.63, 3.8) is 0 Å². The van der Waals surface area contributed by atoms with E-state index < -0.39 is 0 Å². The van der Waals surface area contributed by atoms with Gasteiger partial charge in [-0.1, -0.05) is 6.92 Å². The van der Waals surface area contributed by atoms with Crippen molar-refractivity contribution >= 4 is 5.69 Å². The van der Waals surface area contributed by atoms with Crippen molar-refractivity contribution in [2.24, 2.45) is 0 Å². The molecule has 0 radical (unpaired) electrons. The molecule has 4 nitrogen and oxygen atoms in total. The molecule has 116 valence electrons. The highest BCUT2D eigenvalue weighted by Crippen LogP contribution is 2.26. The number of pyridine rings is 1. The summed E-state index contributed by atoms with van der Waals surface area (Å²) >= 11 is 0. The number of nitrogens with one attached hydrogen (secondary N) is 1. The van der Waals surface area contributed by atoms with E-state index in [1.165, 1.54) is 56.6 Å². The Labute approximate surface area is 128 Å². The van der Waals surface area contributed by atoms with Crippen LogP contribution in [0.3, 0.4) is 0 Å². The third-order valence-electron chi connectivity index (χ3n) is 4.98. The van der Waals surface area contributed by atoms with Crippen LogP contribution < -0.4 is 10.2 Å². The Kier molecular flexibility index (Phi) is 4.76. The smallest absolute Gasteiger partial charge is 0.0598 e. The van der Waals surface area contributed by atoms with Crippen molar-refractivity contribution < 1.29 is 0 Å². The van der Waals surface area contributed by atoms with Gasteiger partial charge in [0.05, 0.1) is 11.9 Å². The molecule has 4 heteroatoms. The minimum Gasteiger partial charge on any atom is -0.370 e. The van der Waals surface area contributed by atoms with Gasteiger partial charge in [0.25, 0.3) is 0 Å². The molecule has 0 atom stereocenters. The molecule has 21 heavy (non-hydrogen) atoms. The fraction of sp³-hybridized carbons (Fsp3) is 0.706. The van der Waals surface area contributed by atoms with Crippen molar-refractivity contribution in [2.75, 3.05) is 31.6 Å². The second kappa shape index (κ2) is 6.75. The summed E-state index contributed by atoms with van der Waals surface area (Å²) in [6.45, 7) is 6.86. The molecular formula is C17H28N4. The van der Waals surface area contributed by atoms with E-state index >= 15 is 0 Å². The van der Waals surface area contributed by atoms with Crippen LogP contribution in [0.5, 0.6) is 0 Å². The molecule has 2 fully saturated rings. The second-order valence-electron chi connectivity index (χ2n) is 6.44. The number of anilines is 1. The van der Waals surface area contributed by atoms with Gasteiger partial charge in [0.1, 0.15) is 0 Å². The normalized spacial score (nSPS) is 20.7. The van der Waals surface area contributed by atoms with Crippen LogP contribution in [0.1, 0.15) is 38.2 Å². The van der Waals surface area contributed by atoms with Gasteiger partial charge >= 0.3 is 0 Å². The Bertz CT molecular complexity index is 450. The van der Waals surface area contributed by atoms with E-state index in [2.05, 4.69) is 40.1 Å². The first-order chi connectivity index (χ1) is 10.3. The Balaban J connectivity index is 1.64. The standard InChI is InChI=1S/C17H28N4/c1-3-21-10-7-16(8-11-21)20(2)17-13-18-9-6-14(17)12-19-15-4-5-15/h6,9,13,15-16,19H,3-5,7-8,10-12H2,1-2H3. The fourth-order valence-corrected chi connectivity index (χ4v) is 3.24. The van der Waals surface area contributed by atoms with E-state index in [0.29, 0.717) is 6.04 Å². The summed E-state index contributed by atoms with van der Waals surface area (Å²) in [5, 5.41) is 3.62. The quantitative estimate of drug-likeness (QED) is 0.870. The lowest BCUT2D eigenvalue weighted by Crippen LogP contribution is -2.43. The van der Waals surface area contributed by atoms with E-state index in [1.807, 2.05) is 12.4 Å². The fourth-order valence-electron chi connectivity index (χ4n) is 3.24. The summed E-state index contributed by atoms with van der Waals surface area (Å²) in [4.78, 5) is 9.36. The molecular weight excluding hydrogens is 260 g/mol. The van der Waals surface area contributed by atoms with E-state index in [-0.39, 0.29) is 0 Å². The van der Waals surface area contributed by atoms with E-state index in [4.69, 9.17) is 0 Å². The lowest BCUT2D eigenvalue weighted by atomic mass is 10.0. The zero-order chi connectivity index (χ0) is 14.7. The van der Waals surface area contributed by atoms with Crippen LogP contribution in [0.2, 0.25) is 0 Å². The maximum atomic E-state index is 4.36. The molecule has 0 aromatic carbocycles. The highest BCUT2D eigenvalue weighted by molar-refractivity contribution is 5.52.